The van der Waals surface area contributed by atoms with Crippen LogP contribution in [0.2, 0.25) is 0 Å². The number of azo groups is 2. The van der Waals surface area contributed by atoms with Gasteiger partial charge in [0.1, 0.15) is 5.66 Å². The van der Waals surface area contributed by atoms with Gasteiger partial charge in [-0.05, 0) is 49.4 Å². The van der Waals surface area contributed by atoms with Gasteiger partial charge >= 0.3 is 0 Å². The molecule has 0 saturated heterocycles. The quantitative estimate of drug-likeness (QED) is 0.224. The molecular weight excluding hydrogens is 448 g/mol. The van der Waals surface area contributed by atoms with Crippen molar-refractivity contribution in [3.05, 3.63) is 97.1 Å². The zero-order chi connectivity index (χ0) is 24.5. The highest BCUT2D eigenvalue weighted by Crippen LogP contribution is 2.42. The molecule has 0 aliphatic carbocycles. The molecule has 0 radical (unpaired) electrons. The van der Waals surface area contributed by atoms with Crippen LogP contribution in [0, 0.1) is 0 Å². The van der Waals surface area contributed by atoms with Crippen LogP contribution < -0.4 is 10.6 Å². The maximum absolute atomic E-state index is 9.82. The van der Waals surface area contributed by atoms with E-state index in [0.717, 1.165) is 55.7 Å². The van der Waals surface area contributed by atoms with E-state index in [4.69, 9.17) is 0 Å². The Bertz CT molecular complexity index is 1630. The summed E-state index contributed by atoms with van der Waals surface area (Å²) in [5.74, 6) is 0. The van der Waals surface area contributed by atoms with Gasteiger partial charge in [0, 0.05) is 32.9 Å². The maximum Gasteiger partial charge on any atom is 0.129 e. The fourth-order valence-corrected chi connectivity index (χ4v) is 4.55. The molecule has 0 saturated carbocycles. The molecule has 1 unspecified atom stereocenters. The number of aliphatic hydroxyl groups excluding tert-OH is 1. The van der Waals surface area contributed by atoms with E-state index in [9.17, 15) is 5.11 Å². The smallest absolute Gasteiger partial charge is 0.129 e. The van der Waals surface area contributed by atoms with E-state index in [1.165, 1.54) is 0 Å². The lowest BCUT2D eigenvalue weighted by atomic mass is 9.99. The van der Waals surface area contributed by atoms with Crippen LogP contribution in [-0.2, 0) is 0 Å². The van der Waals surface area contributed by atoms with Crippen molar-refractivity contribution in [1.82, 2.24) is 0 Å². The van der Waals surface area contributed by atoms with Crippen molar-refractivity contribution in [2.75, 3.05) is 17.2 Å². The van der Waals surface area contributed by atoms with Crippen molar-refractivity contribution in [2.45, 2.75) is 12.6 Å². The summed E-state index contributed by atoms with van der Waals surface area (Å²) in [6, 6.07) is 31.5. The molecule has 0 amide bonds. The third-order valence-corrected chi connectivity index (χ3v) is 6.33. The lowest BCUT2D eigenvalue weighted by molar-refractivity contribution is 0.238. The number of benzene rings is 5. The van der Waals surface area contributed by atoms with Crippen LogP contribution in [0.4, 0.5) is 34.1 Å². The molecule has 7 heteroatoms. The minimum Gasteiger partial charge on any atom is -0.392 e. The van der Waals surface area contributed by atoms with Gasteiger partial charge in [-0.15, -0.1) is 15.3 Å². The maximum atomic E-state index is 9.82. The zero-order valence-electron chi connectivity index (χ0n) is 19.7. The highest BCUT2D eigenvalue weighted by Gasteiger charge is 2.29. The number of anilines is 2. The van der Waals surface area contributed by atoms with E-state index in [2.05, 4.69) is 31.1 Å². The first-order valence-corrected chi connectivity index (χ1v) is 11.8. The second-order valence-corrected chi connectivity index (χ2v) is 8.99. The third-order valence-electron chi connectivity index (χ3n) is 6.33. The lowest BCUT2D eigenvalue weighted by Gasteiger charge is -2.37. The van der Waals surface area contributed by atoms with Crippen molar-refractivity contribution in [3.63, 3.8) is 0 Å². The minimum absolute atomic E-state index is 0.0434. The molecule has 0 fully saturated rings. The summed E-state index contributed by atoms with van der Waals surface area (Å²) in [7, 11) is 0. The van der Waals surface area contributed by atoms with Crippen LogP contribution >= 0.6 is 0 Å². The van der Waals surface area contributed by atoms with Gasteiger partial charge in [0.2, 0.25) is 0 Å². The molecule has 1 heterocycles. The van der Waals surface area contributed by atoms with E-state index < -0.39 is 5.66 Å². The van der Waals surface area contributed by atoms with Crippen molar-refractivity contribution in [3.8, 4) is 0 Å². The van der Waals surface area contributed by atoms with Gasteiger partial charge in [0.05, 0.1) is 29.4 Å². The van der Waals surface area contributed by atoms with Crippen LogP contribution in [-0.4, -0.2) is 17.4 Å². The van der Waals surface area contributed by atoms with Crippen LogP contribution in [0.1, 0.15) is 6.92 Å². The van der Waals surface area contributed by atoms with E-state index >= 15 is 0 Å². The van der Waals surface area contributed by atoms with E-state index in [1.807, 2.05) is 104 Å². The largest absolute Gasteiger partial charge is 0.392 e. The number of hydrogen-bond donors (Lipinski definition) is 3. The summed E-state index contributed by atoms with van der Waals surface area (Å²) in [6.45, 7) is 1.88. The Morgan fingerprint density at radius 1 is 0.583 bits per heavy atom. The van der Waals surface area contributed by atoms with Gasteiger partial charge in [-0.3, -0.25) is 0 Å². The highest BCUT2D eigenvalue weighted by atomic mass is 16.3. The lowest BCUT2D eigenvalue weighted by Crippen LogP contribution is -2.48. The first kappa shape index (κ1) is 21.9. The standard InChI is InChI=1S/C29H24N6O/c1-29(18-36)30-26-13-7-12-22-25(16-17-27(31-29)28(22)26)35-34-24-15-14-23(20-10-5-6-11-21(20)24)33-32-19-8-3-2-4-9-19/h2-17,30-31,36H,18H2,1H3. The van der Waals surface area contributed by atoms with Gasteiger partial charge in [0.25, 0.3) is 0 Å². The van der Waals surface area contributed by atoms with Gasteiger partial charge in [-0.2, -0.15) is 5.11 Å². The van der Waals surface area contributed by atoms with Crippen molar-refractivity contribution in [1.29, 1.82) is 0 Å². The third kappa shape index (κ3) is 3.95. The summed E-state index contributed by atoms with van der Waals surface area (Å²) < 4.78 is 0. The van der Waals surface area contributed by atoms with Crippen molar-refractivity contribution >= 4 is 55.7 Å². The summed E-state index contributed by atoms with van der Waals surface area (Å²) in [5, 5.41) is 38.7. The summed E-state index contributed by atoms with van der Waals surface area (Å²) in [4.78, 5) is 0. The number of fused-ring (bicyclic) bond motifs is 1. The average molecular weight is 473 g/mol. The number of rotatable bonds is 5. The Labute approximate surface area is 208 Å². The molecule has 3 N–H and O–H groups in total. The van der Waals surface area contributed by atoms with Gasteiger partial charge in [0.15, 0.2) is 0 Å². The first-order valence-electron chi connectivity index (χ1n) is 11.8. The molecular formula is C29H24N6O. The first-order chi connectivity index (χ1) is 17.6. The van der Waals surface area contributed by atoms with Crippen LogP contribution in [0.25, 0.3) is 21.5 Å². The molecule has 6 rings (SSSR count). The van der Waals surface area contributed by atoms with Gasteiger partial charge in [-0.25, -0.2) is 0 Å². The predicted octanol–water partition coefficient (Wildman–Crippen LogP) is 8.37. The summed E-state index contributed by atoms with van der Waals surface area (Å²) >= 11 is 0. The highest BCUT2D eigenvalue weighted by molar-refractivity contribution is 6.09. The van der Waals surface area contributed by atoms with Gasteiger partial charge in [-0.1, -0.05) is 54.6 Å². The average Bonchev–Trinajstić information content (AvgIpc) is 2.92. The molecule has 5 aromatic carbocycles. The summed E-state index contributed by atoms with van der Waals surface area (Å²) in [6.07, 6.45) is 0. The second kappa shape index (κ2) is 8.87. The number of hydrogen-bond acceptors (Lipinski definition) is 7. The molecule has 5 aromatic rings. The van der Waals surface area contributed by atoms with Gasteiger partial charge < -0.3 is 15.7 Å². The van der Waals surface area contributed by atoms with Crippen LogP contribution in [0.15, 0.2) is 118 Å². The predicted molar refractivity (Wildman–Crippen MR) is 145 cm³/mol. The molecule has 1 atom stereocenters. The number of aliphatic hydroxyl groups is 1. The molecule has 1 aliphatic rings. The van der Waals surface area contributed by atoms with E-state index in [-0.39, 0.29) is 6.61 Å². The summed E-state index contributed by atoms with van der Waals surface area (Å²) in [5.41, 5.74) is 4.39. The van der Waals surface area contributed by atoms with Crippen LogP contribution in [0.3, 0.4) is 0 Å². The molecule has 0 bridgehead atoms. The van der Waals surface area contributed by atoms with Crippen molar-refractivity contribution in [2.24, 2.45) is 20.5 Å². The SMILES string of the molecule is CC1(CO)Nc2cccc3c(N=Nc4ccc(N=Nc5ccccc5)c5ccccc45)ccc(c23)N1. The molecule has 0 aromatic heterocycles. The molecule has 1 aliphatic heterocycles. The molecule has 176 valence electrons. The monoisotopic (exact) mass is 472 g/mol. The fraction of sp³-hybridized carbons (Fsp3) is 0.103. The molecule has 7 nitrogen and oxygen atoms in total. The Hall–Kier alpha value is -4.62. The normalized spacial score (nSPS) is 17.1. The van der Waals surface area contributed by atoms with E-state index in [1.54, 1.807) is 0 Å². The number of nitrogens with one attached hydrogen (secondary N) is 2. The molecule has 36 heavy (non-hydrogen) atoms. The Kier molecular flexibility index (Phi) is 5.39. The Morgan fingerprint density at radius 3 is 1.78 bits per heavy atom. The Morgan fingerprint density at radius 2 is 1.11 bits per heavy atom. The fourth-order valence-electron chi connectivity index (χ4n) is 4.55. The topological polar surface area (TPSA) is 93.7 Å². The Balaban J connectivity index is 1.38. The minimum atomic E-state index is -0.622. The van der Waals surface area contributed by atoms with Crippen LogP contribution in [0.5, 0.6) is 0 Å². The number of nitrogens with zero attached hydrogens (tertiary/aromatic N) is 4. The second-order valence-electron chi connectivity index (χ2n) is 8.99. The van der Waals surface area contributed by atoms with E-state index in [0.29, 0.717) is 0 Å². The molecule has 0 spiro atoms. The van der Waals surface area contributed by atoms with Crippen molar-refractivity contribution < 1.29 is 5.11 Å². The zero-order valence-corrected chi connectivity index (χ0v) is 19.7.